The zero-order chi connectivity index (χ0) is 25.0. The van der Waals surface area contributed by atoms with E-state index in [0.29, 0.717) is 39.6 Å². The number of fused-ring (bicyclic) bond motifs is 1. The number of rotatable bonds is 15. The molecular formula is C19H31F3N4O8. The second-order valence-corrected chi connectivity index (χ2v) is 7.88. The van der Waals surface area contributed by atoms with Crippen molar-refractivity contribution in [3.63, 3.8) is 0 Å². The smallest absolute Gasteiger partial charge is 0.379 e. The summed E-state index contributed by atoms with van der Waals surface area (Å²) < 4.78 is 76.5. The Morgan fingerprint density at radius 2 is 1.59 bits per heavy atom. The van der Waals surface area contributed by atoms with Crippen molar-refractivity contribution < 1.29 is 51.1 Å². The van der Waals surface area contributed by atoms with Gasteiger partial charge in [0.2, 0.25) is 0 Å². The summed E-state index contributed by atoms with van der Waals surface area (Å²) >= 11 is 0. The predicted octanol–water partition coefficient (Wildman–Crippen LogP) is 1.33. The molecule has 1 N–H and O–H groups in total. The Bertz CT molecular complexity index is 678. The third kappa shape index (κ3) is 9.88. The molecule has 4 atom stereocenters. The number of ether oxygens (including phenoxy) is 7. The molecule has 2 heterocycles. The summed E-state index contributed by atoms with van der Waals surface area (Å²) in [5, 5.41) is 5.25. The number of carbonyl (C=O) groups is 1. The van der Waals surface area contributed by atoms with Crippen molar-refractivity contribution in [2.45, 2.75) is 50.2 Å². The van der Waals surface area contributed by atoms with Gasteiger partial charge in [-0.2, -0.15) is 13.2 Å². The van der Waals surface area contributed by atoms with Crippen LogP contribution in [-0.2, 0) is 38.0 Å². The molecule has 0 saturated carbocycles. The highest BCUT2D eigenvalue weighted by molar-refractivity contribution is 5.82. The Balaban J connectivity index is 1.59. The molecule has 196 valence electrons. The van der Waals surface area contributed by atoms with Crippen LogP contribution >= 0.6 is 0 Å². The lowest BCUT2D eigenvalue weighted by Gasteiger charge is -2.37. The number of nitrogens with one attached hydrogen (secondary N) is 1. The Hall–Kier alpha value is -1.71. The molecule has 1 amide bonds. The van der Waals surface area contributed by atoms with Gasteiger partial charge in [-0.15, -0.1) is 0 Å². The molecule has 0 aromatic heterocycles. The average molecular weight is 500 g/mol. The predicted molar refractivity (Wildman–Crippen MR) is 109 cm³/mol. The number of carbonyl (C=O) groups excluding carboxylic acids is 1. The minimum atomic E-state index is -5.00. The maximum atomic E-state index is 12.6. The summed E-state index contributed by atoms with van der Waals surface area (Å²) in [4.78, 5) is 13.9. The number of azide groups is 1. The highest BCUT2D eigenvalue weighted by Crippen LogP contribution is 2.35. The molecule has 2 aliphatic rings. The zero-order valence-electron chi connectivity index (χ0n) is 19.1. The van der Waals surface area contributed by atoms with Crippen LogP contribution in [0, 0.1) is 0 Å². The topological polar surface area (TPSA) is 142 Å². The van der Waals surface area contributed by atoms with Crippen molar-refractivity contribution >= 4 is 5.91 Å². The third-order valence-electron chi connectivity index (χ3n) is 4.79. The first kappa shape index (κ1) is 28.5. The van der Waals surface area contributed by atoms with Gasteiger partial charge < -0.3 is 38.5 Å². The van der Waals surface area contributed by atoms with E-state index in [9.17, 15) is 18.0 Å². The van der Waals surface area contributed by atoms with Crippen LogP contribution in [0.25, 0.3) is 10.4 Å². The highest BCUT2D eigenvalue weighted by atomic mass is 19.4. The van der Waals surface area contributed by atoms with E-state index < -0.39 is 42.2 Å². The van der Waals surface area contributed by atoms with E-state index in [1.54, 1.807) is 13.8 Å². The average Bonchev–Trinajstić information content (AvgIpc) is 3.10. The molecule has 2 rings (SSSR count). The van der Waals surface area contributed by atoms with Gasteiger partial charge in [0.05, 0.1) is 65.5 Å². The number of hydrogen-bond acceptors (Lipinski definition) is 9. The van der Waals surface area contributed by atoms with E-state index in [0.717, 1.165) is 0 Å². The summed E-state index contributed by atoms with van der Waals surface area (Å²) in [5.74, 6) is -3.09. The highest BCUT2D eigenvalue weighted by Gasteiger charge is 2.53. The van der Waals surface area contributed by atoms with Gasteiger partial charge in [-0.05, 0) is 19.4 Å². The standard InChI is InChI=1S/C19H31F3N4O8/c1-18(2)33-15-13(25-17(27)19(20,21)22)11-32-14(16(15)34-18)12-31-10-9-30-8-7-29-6-5-28-4-3-24-26-23/h13-16H,3-12H2,1-2H3,(H,25,27)/t13-,14-,15-,16+/m1/s1. The summed E-state index contributed by atoms with van der Waals surface area (Å²) in [5.41, 5.74) is 8.12. The van der Waals surface area contributed by atoms with Crippen LogP contribution < -0.4 is 5.32 Å². The monoisotopic (exact) mass is 500 g/mol. The van der Waals surface area contributed by atoms with E-state index in [1.165, 1.54) is 0 Å². The Labute approximate surface area is 194 Å². The lowest BCUT2D eigenvalue weighted by molar-refractivity contribution is -0.179. The van der Waals surface area contributed by atoms with E-state index in [2.05, 4.69) is 10.0 Å². The first-order valence-electron chi connectivity index (χ1n) is 10.8. The van der Waals surface area contributed by atoms with Crippen molar-refractivity contribution in [2.24, 2.45) is 5.11 Å². The quantitative estimate of drug-likeness (QED) is 0.154. The van der Waals surface area contributed by atoms with E-state index in [4.69, 9.17) is 38.7 Å². The molecule has 0 aromatic rings. The van der Waals surface area contributed by atoms with Crippen LogP contribution in [0.3, 0.4) is 0 Å². The molecule has 0 aliphatic carbocycles. The van der Waals surface area contributed by atoms with E-state index in [-0.39, 0.29) is 26.4 Å². The molecule has 0 radical (unpaired) electrons. The van der Waals surface area contributed by atoms with Crippen molar-refractivity contribution in [1.82, 2.24) is 5.32 Å². The second kappa shape index (κ2) is 14.0. The number of alkyl halides is 3. The molecule has 2 saturated heterocycles. The second-order valence-electron chi connectivity index (χ2n) is 7.88. The van der Waals surface area contributed by atoms with Crippen LogP contribution in [0.15, 0.2) is 5.11 Å². The van der Waals surface area contributed by atoms with Gasteiger partial charge in [-0.25, -0.2) is 0 Å². The van der Waals surface area contributed by atoms with Crippen molar-refractivity contribution in [3.8, 4) is 0 Å². The Kier molecular flexibility index (Phi) is 11.7. The van der Waals surface area contributed by atoms with Crippen molar-refractivity contribution in [1.29, 1.82) is 0 Å². The van der Waals surface area contributed by atoms with Gasteiger partial charge in [-0.1, -0.05) is 5.11 Å². The van der Waals surface area contributed by atoms with Gasteiger partial charge >= 0.3 is 12.1 Å². The fourth-order valence-corrected chi connectivity index (χ4v) is 3.36. The molecule has 0 spiro atoms. The molecule has 0 bridgehead atoms. The van der Waals surface area contributed by atoms with Crippen LogP contribution in [0.5, 0.6) is 0 Å². The fourth-order valence-electron chi connectivity index (χ4n) is 3.36. The molecule has 0 unspecified atom stereocenters. The zero-order valence-corrected chi connectivity index (χ0v) is 19.1. The van der Waals surface area contributed by atoms with Gasteiger partial charge in [-0.3, -0.25) is 4.79 Å². The minimum Gasteiger partial charge on any atom is -0.379 e. The summed E-state index contributed by atoms with van der Waals surface area (Å²) in [6.07, 6.45) is -7.09. The molecule has 2 fully saturated rings. The summed E-state index contributed by atoms with van der Waals surface area (Å²) in [6, 6.07) is -1.00. The maximum absolute atomic E-state index is 12.6. The summed E-state index contributed by atoms with van der Waals surface area (Å²) in [7, 11) is 0. The van der Waals surface area contributed by atoms with Crippen LogP contribution in [-0.4, -0.2) is 108 Å². The van der Waals surface area contributed by atoms with Gasteiger partial charge in [0.1, 0.15) is 18.3 Å². The maximum Gasteiger partial charge on any atom is 0.471 e. The van der Waals surface area contributed by atoms with Crippen LogP contribution in [0.1, 0.15) is 13.8 Å². The first-order valence-corrected chi connectivity index (χ1v) is 10.8. The normalized spacial score (nSPS) is 26.0. The number of amides is 1. The molecule has 0 aromatic carbocycles. The van der Waals surface area contributed by atoms with Gasteiger partial charge in [0.25, 0.3) is 0 Å². The number of halogens is 3. The SMILES string of the molecule is CC1(C)O[C@@H]2[C@H](O1)[C@H](NC(=O)C(F)(F)F)CO[C@@H]2COCCOCCOCCOCCN=[N+]=[N-]. The number of hydrogen-bond donors (Lipinski definition) is 1. The number of nitrogens with zero attached hydrogens (tertiary/aromatic N) is 3. The lowest BCUT2D eigenvalue weighted by atomic mass is 9.98. The molecule has 34 heavy (non-hydrogen) atoms. The minimum absolute atomic E-state index is 0.119. The van der Waals surface area contributed by atoms with Gasteiger partial charge in [0.15, 0.2) is 5.79 Å². The van der Waals surface area contributed by atoms with Crippen molar-refractivity contribution in [2.75, 3.05) is 66.0 Å². The fraction of sp³-hybridized carbons (Fsp3) is 0.947. The third-order valence-corrected chi connectivity index (χ3v) is 4.79. The first-order chi connectivity index (χ1) is 16.1. The van der Waals surface area contributed by atoms with Crippen LogP contribution in [0.2, 0.25) is 0 Å². The lowest BCUT2D eigenvalue weighted by Crippen LogP contribution is -2.60. The Morgan fingerprint density at radius 1 is 1.03 bits per heavy atom. The molecule has 12 nitrogen and oxygen atoms in total. The summed E-state index contributed by atoms with van der Waals surface area (Å²) in [6.45, 7) is 5.92. The molecule has 15 heteroatoms. The van der Waals surface area contributed by atoms with Crippen LogP contribution in [0.4, 0.5) is 13.2 Å². The Morgan fingerprint density at radius 3 is 2.18 bits per heavy atom. The van der Waals surface area contributed by atoms with Gasteiger partial charge in [0, 0.05) is 11.5 Å². The van der Waals surface area contributed by atoms with Crippen molar-refractivity contribution in [3.05, 3.63) is 10.4 Å². The molecular weight excluding hydrogens is 469 g/mol. The van der Waals surface area contributed by atoms with E-state index in [1.807, 2.05) is 5.32 Å². The largest absolute Gasteiger partial charge is 0.471 e. The molecule has 2 aliphatic heterocycles. The van der Waals surface area contributed by atoms with E-state index >= 15 is 0 Å².